The van der Waals surface area contributed by atoms with Crippen molar-refractivity contribution < 1.29 is 8.42 Å². The minimum Gasteiger partial charge on any atom is -0.318 e. The van der Waals surface area contributed by atoms with Crippen molar-refractivity contribution in [2.45, 2.75) is 18.7 Å². The monoisotopic (exact) mass is 291 g/mol. The lowest BCUT2D eigenvalue weighted by Crippen LogP contribution is -2.18. The smallest absolute Gasteiger partial charge is 0.253 e. The third-order valence-electron chi connectivity index (χ3n) is 3.17. The van der Waals surface area contributed by atoms with E-state index in [-0.39, 0.29) is 5.56 Å². The summed E-state index contributed by atoms with van der Waals surface area (Å²) in [7, 11) is -1.57. The summed E-state index contributed by atoms with van der Waals surface area (Å²) in [6.07, 6.45) is 2.91. The molecular weight excluding hydrogens is 274 g/mol. The number of aryl methyl sites for hydroxylation is 3. The molecule has 5 heteroatoms. The largest absolute Gasteiger partial charge is 0.318 e. The molecule has 0 aliphatic carbocycles. The lowest BCUT2D eigenvalue weighted by molar-refractivity contribution is 0.602. The molecule has 2 aromatic rings. The highest BCUT2D eigenvalue weighted by atomic mass is 32.2. The molecule has 1 aromatic heterocycles. The summed E-state index contributed by atoms with van der Waals surface area (Å²) < 4.78 is 24.9. The number of nitrogens with zero attached hydrogens (tertiary/aromatic N) is 1. The third kappa shape index (κ3) is 2.82. The van der Waals surface area contributed by atoms with Gasteiger partial charge < -0.3 is 4.57 Å². The summed E-state index contributed by atoms with van der Waals surface area (Å²) >= 11 is 0. The maximum atomic E-state index is 11.7. The van der Waals surface area contributed by atoms with Crippen LogP contribution in [0.25, 0.3) is 11.1 Å². The van der Waals surface area contributed by atoms with Gasteiger partial charge in [-0.1, -0.05) is 6.07 Å². The number of hydrogen-bond donors (Lipinski definition) is 0. The van der Waals surface area contributed by atoms with Crippen LogP contribution in [0.3, 0.4) is 0 Å². The van der Waals surface area contributed by atoms with Crippen LogP contribution in [0.2, 0.25) is 0 Å². The summed E-state index contributed by atoms with van der Waals surface area (Å²) in [6.45, 7) is 3.60. The zero-order chi connectivity index (χ0) is 15.1. The van der Waals surface area contributed by atoms with Gasteiger partial charge in [0.25, 0.3) is 5.56 Å². The summed E-state index contributed by atoms with van der Waals surface area (Å²) in [4.78, 5) is 12.0. The molecule has 4 nitrogen and oxygen atoms in total. The minimum atomic E-state index is -3.25. The lowest BCUT2D eigenvalue weighted by Gasteiger charge is -2.09. The van der Waals surface area contributed by atoms with E-state index in [0.29, 0.717) is 10.5 Å². The molecular formula is C15H17NO3S. The molecule has 0 spiro atoms. The molecule has 0 aliphatic rings. The van der Waals surface area contributed by atoms with Crippen LogP contribution in [0, 0.1) is 13.8 Å². The van der Waals surface area contributed by atoms with E-state index in [4.69, 9.17) is 0 Å². The standard InChI is InChI=1S/C15H17NO3S/c1-10-5-12(8-14(6-10)20(4,18)19)13-7-11(2)15(17)16(3)9-13/h5-9H,1-4H3. The molecule has 0 saturated carbocycles. The highest BCUT2D eigenvalue weighted by Crippen LogP contribution is 2.24. The molecule has 0 bridgehead atoms. The molecule has 0 radical (unpaired) electrons. The number of pyridine rings is 1. The first-order valence-electron chi connectivity index (χ1n) is 6.18. The van der Waals surface area contributed by atoms with Crippen LogP contribution in [0.1, 0.15) is 11.1 Å². The normalized spacial score (nSPS) is 11.6. The van der Waals surface area contributed by atoms with Crippen LogP contribution in [0.15, 0.2) is 40.2 Å². The molecule has 106 valence electrons. The first-order chi connectivity index (χ1) is 9.18. The van der Waals surface area contributed by atoms with E-state index in [0.717, 1.165) is 16.7 Å². The number of benzene rings is 1. The maximum Gasteiger partial charge on any atom is 0.253 e. The van der Waals surface area contributed by atoms with Crippen LogP contribution in [0.4, 0.5) is 0 Å². The Morgan fingerprint density at radius 1 is 1.00 bits per heavy atom. The molecule has 0 N–H and O–H groups in total. The van der Waals surface area contributed by atoms with Crippen molar-refractivity contribution in [1.82, 2.24) is 4.57 Å². The molecule has 20 heavy (non-hydrogen) atoms. The Balaban J connectivity index is 2.71. The molecule has 2 rings (SSSR count). The molecule has 1 aromatic carbocycles. The van der Waals surface area contributed by atoms with Gasteiger partial charge >= 0.3 is 0 Å². The summed E-state index contributed by atoms with van der Waals surface area (Å²) in [5.41, 5.74) is 3.08. The van der Waals surface area contributed by atoms with Gasteiger partial charge in [-0.25, -0.2) is 8.42 Å². The van der Waals surface area contributed by atoms with Crippen molar-refractivity contribution in [1.29, 1.82) is 0 Å². The van der Waals surface area contributed by atoms with Crippen molar-refractivity contribution in [2.75, 3.05) is 6.26 Å². The van der Waals surface area contributed by atoms with E-state index in [1.165, 1.54) is 10.8 Å². The second-order valence-corrected chi connectivity index (χ2v) is 7.15. The molecule has 0 amide bonds. The maximum absolute atomic E-state index is 11.7. The summed E-state index contributed by atoms with van der Waals surface area (Å²) in [5, 5.41) is 0. The molecule has 0 fully saturated rings. The van der Waals surface area contributed by atoms with Crippen LogP contribution in [-0.4, -0.2) is 19.2 Å². The van der Waals surface area contributed by atoms with Gasteiger partial charge in [0.2, 0.25) is 0 Å². The average molecular weight is 291 g/mol. The quantitative estimate of drug-likeness (QED) is 0.851. The van der Waals surface area contributed by atoms with E-state index in [9.17, 15) is 13.2 Å². The Morgan fingerprint density at radius 3 is 2.20 bits per heavy atom. The van der Waals surface area contributed by atoms with E-state index in [2.05, 4.69) is 0 Å². The molecule has 0 atom stereocenters. The van der Waals surface area contributed by atoms with Gasteiger partial charge in [-0.15, -0.1) is 0 Å². The second kappa shape index (κ2) is 4.90. The van der Waals surface area contributed by atoms with Gasteiger partial charge in [0.1, 0.15) is 0 Å². The fourth-order valence-electron chi connectivity index (χ4n) is 2.16. The first-order valence-corrected chi connectivity index (χ1v) is 8.07. The van der Waals surface area contributed by atoms with Crippen molar-refractivity contribution in [3.63, 3.8) is 0 Å². The van der Waals surface area contributed by atoms with E-state index >= 15 is 0 Å². The van der Waals surface area contributed by atoms with Crippen LogP contribution in [0.5, 0.6) is 0 Å². The molecule has 0 aliphatic heterocycles. The van der Waals surface area contributed by atoms with E-state index in [1.54, 1.807) is 38.4 Å². The SMILES string of the molecule is Cc1cc(-c2cc(C)c(=O)n(C)c2)cc(S(C)(=O)=O)c1. The van der Waals surface area contributed by atoms with Crippen molar-refractivity contribution in [3.05, 3.63) is 51.9 Å². The number of rotatable bonds is 2. The predicted molar refractivity (Wildman–Crippen MR) is 79.7 cm³/mol. The molecule has 1 heterocycles. The summed E-state index contributed by atoms with van der Waals surface area (Å²) in [5.74, 6) is 0. The fraction of sp³-hybridized carbons (Fsp3) is 0.267. The molecule has 0 unspecified atom stereocenters. The zero-order valence-electron chi connectivity index (χ0n) is 12.0. The van der Waals surface area contributed by atoms with Gasteiger partial charge in [-0.05, 0) is 48.7 Å². The van der Waals surface area contributed by atoms with Crippen LogP contribution < -0.4 is 5.56 Å². The Labute approximate surface area is 118 Å². The zero-order valence-corrected chi connectivity index (χ0v) is 12.8. The lowest BCUT2D eigenvalue weighted by atomic mass is 10.0. The average Bonchev–Trinajstić information content (AvgIpc) is 2.33. The fourth-order valence-corrected chi connectivity index (χ4v) is 2.91. The third-order valence-corrected chi connectivity index (χ3v) is 4.27. The first kappa shape index (κ1) is 14.5. The van der Waals surface area contributed by atoms with Gasteiger partial charge in [-0.3, -0.25) is 4.79 Å². The van der Waals surface area contributed by atoms with E-state index in [1.807, 2.05) is 13.0 Å². The Kier molecular flexibility index (Phi) is 3.56. The van der Waals surface area contributed by atoms with Crippen LogP contribution in [-0.2, 0) is 16.9 Å². The Bertz CT molecular complexity index is 806. The molecule has 0 saturated heterocycles. The van der Waals surface area contributed by atoms with Gasteiger partial charge in [0, 0.05) is 25.1 Å². The topological polar surface area (TPSA) is 56.1 Å². The van der Waals surface area contributed by atoms with Gasteiger partial charge in [0.15, 0.2) is 9.84 Å². The van der Waals surface area contributed by atoms with Crippen molar-refractivity contribution >= 4 is 9.84 Å². The second-order valence-electron chi connectivity index (χ2n) is 5.13. The van der Waals surface area contributed by atoms with Gasteiger partial charge in [-0.2, -0.15) is 0 Å². The van der Waals surface area contributed by atoms with Crippen molar-refractivity contribution in [2.24, 2.45) is 7.05 Å². The summed E-state index contributed by atoms with van der Waals surface area (Å²) in [6, 6.07) is 6.98. The number of sulfone groups is 1. The Morgan fingerprint density at radius 2 is 1.65 bits per heavy atom. The highest BCUT2D eigenvalue weighted by molar-refractivity contribution is 7.90. The van der Waals surface area contributed by atoms with Gasteiger partial charge in [0.05, 0.1) is 4.90 Å². The number of hydrogen-bond acceptors (Lipinski definition) is 3. The highest BCUT2D eigenvalue weighted by Gasteiger charge is 2.11. The van der Waals surface area contributed by atoms with Crippen LogP contribution >= 0.6 is 0 Å². The predicted octanol–water partition coefficient (Wildman–Crippen LogP) is 2.07. The Hall–Kier alpha value is -1.88. The van der Waals surface area contributed by atoms with Crippen molar-refractivity contribution in [3.8, 4) is 11.1 Å². The number of aromatic nitrogens is 1. The minimum absolute atomic E-state index is 0.0512. The van der Waals surface area contributed by atoms with E-state index < -0.39 is 9.84 Å².